The van der Waals surface area contributed by atoms with Gasteiger partial charge in [0.1, 0.15) is 17.7 Å². The number of hydrazine groups is 1. The van der Waals surface area contributed by atoms with E-state index >= 15 is 0 Å². The molecular weight excluding hydrogens is 622 g/mol. The van der Waals surface area contributed by atoms with Gasteiger partial charge in [-0.05, 0) is 76.3 Å². The molecular formula is C38H53N5O6. The summed E-state index contributed by atoms with van der Waals surface area (Å²) in [5.41, 5.74) is 7.00. The van der Waals surface area contributed by atoms with E-state index in [1.54, 1.807) is 45.0 Å². The topological polar surface area (TPSA) is 146 Å². The molecule has 2 aliphatic rings. The minimum Gasteiger partial charge on any atom is -0.444 e. The van der Waals surface area contributed by atoms with Gasteiger partial charge in [0.25, 0.3) is 5.91 Å². The van der Waals surface area contributed by atoms with Crippen molar-refractivity contribution in [2.24, 2.45) is 5.92 Å². The highest BCUT2D eigenvalue weighted by Gasteiger charge is 2.34. The number of hydrogen-bond acceptors (Lipinski definition) is 7. The molecule has 1 aliphatic heterocycles. The molecule has 1 saturated heterocycles. The average Bonchev–Trinajstić information content (AvgIpc) is 3.58. The molecule has 11 nitrogen and oxygen atoms in total. The average molecular weight is 676 g/mol. The minimum atomic E-state index is -0.973. The first-order chi connectivity index (χ1) is 23.5. The van der Waals surface area contributed by atoms with E-state index in [2.05, 4.69) is 21.5 Å². The van der Waals surface area contributed by atoms with Crippen LogP contribution >= 0.6 is 0 Å². The summed E-state index contributed by atoms with van der Waals surface area (Å²) in [6.45, 7) is 5.25. The summed E-state index contributed by atoms with van der Waals surface area (Å²) in [6, 6.07) is 14.7. The highest BCUT2D eigenvalue weighted by molar-refractivity contribution is 5.98. The van der Waals surface area contributed by atoms with Gasteiger partial charge in [-0.2, -0.15) is 0 Å². The number of likely N-dealkylation sites (tertiary alicyclic amines) is 1. The lowest BCUT2D eigenvalue weighted by Gasteiger charge is -2.26. The third-order valence-corrected chi connectivity index (χ3v) is 9.06. The van der Waals surface area contributed by atoms with E-state index in [9.17, 15) is 24.0 Å². The van der Waals surface area contributed by atoms with Gasteiger partial charge < -0.3 is 20.3 Å². The highest BCUT2D eigenvalue weighted by atomic mass is 16.6. The lowest BCUT2D eigenvalue weighted by atomic mass is 9.86. The van der Waals surface area contributed by atoms with Crippen LogP contribution in [-0.2, 0) is 25.5 Å². The molecule has 4 N–H and O–H groups in total. The molecule has 0 bridgehead atoms. The van der Waals surface area contributed by atoms with Crippen molar-refractivity contribution < 1.29 is 28.7 Å². The number of anilines is 1. The number of hydrogen-bond donors (Lipinski definition) is 4. The van der Waals surface area contributed by atoms with E-state index in [0.717, 1.165) is 31.2 Å². The molecule has 1 heterocycles. The number of amides is 4. The Bertz CT molecular complexity index is 1400. The maximum atomic E-state index is 13.2. The highest BCUT2D eigenvalue weighted by Crippen LogP contribution is 2.25. The Morgan fingerprint density at radius 3 is 2.08 bits per heavy atom. The summed E-state index contributed by atoms with van der Waals surface area (Å²) in [4.78, 5) is 66.7. The molecule has 2 aromatic rings. The molecule has 2 fully saturated rings. The van der Waals surface area contributed by atoms with Gasteiger partial charge in [0.05, 0.1) is 12.2 Å². The van der Waals surface area contributed by atoms with Crippen molar-refractivity contribution in [3.63, 3.8) is 0 Å². The summed E-state index contributed by atoms with van der Waals surface area (Å²) in [7, 11) is 0. The Balaban J connectivity index is 1.28. The number of carbonyl (C=O) groups excluding carboxylic acids is 5. The van der Waals surface area contributed by atoms with Gasteiger partial charge in [-0.15, -0.1) is 0 Å². The second-order valence-corrected chi connectivity index (χ2v) is 14.2. The van der Waals surface area contributed by atoms with Crippen molar-refractivity contribution in [1.29, 1.82) is 0 Å². The maximum Gasteiger partial charge on any atom is 0.408 e. The van der Waals surface area contributed by atoms with Gasteiger partial charge in [-0.3, -0.25) is 30.0 Å². The SMILES string of the molecule is CC(C)(C)OC(=O)N[C@@H](Cc1ccccc1)C(=O)NCC(=O)N1CCC[C@H]1C(=O)NNc1ccc(C(=O)C2CCCCCCCCC2)cc1. The lowest BCUT2D eigenvalue weighted by molar-refractivity contribution is -0.138. The standard InChI is InChI=1S/C38H53N5O6/c1-38(2,3)49-37(48)40-31(25-27-15-10-9-11-16-27)35(46)39-26-33(44)43-24-14-19-32(43)36(47)42-41-30-22-20-29(21-23-30)34(45)28-17-12-7-5-4-6-8-13-18-28/h9-11,15-16,20-23,28,31-32,41H,4-8,12-14,17-19,24-26H2,1-3H3,(H,39,46)(H,40,48)(H,42,47)/t31-,32-/m0/s1. The predicted octanol–water partition coefficient (Wildman–Crippen LogP) is 5.70. The van der Waals surface area contributed by atoms with Crippen molar-refractivity contribution in [3.05, 3.63) is 65.7 Å². The molecule has 0 unspecified atom stereocenters. The van der Waals surface area contributed by atoms with Crippen LogP contribution in [0.3, 0.4) is 0 Å². The second kappa shape index (κ2) is 18.4. The molecule has 266 valence electrons. The van der Waals surface area contributed by atoms with Crippen molar-refractivity contribution >= 4 is 35.3 Å². The van der Waals surface area contributed by atoms with E-state index in [1.807, 2.05) is 30.3 Å². The predicted molar refractivity (Wildman–Crippen MR) is 189 cm³/mol. The fourth-order valence-electron chi connectivity index (χ4n) is 6.48. The maximum absolute atomic E-state index is 13.2. The van der Waals surface area contributed by atoms with Crippen molar-refractivity contribution in [3.8, 4) is 0 Å². The smallest absolute Gasteiger partial charge is 0.408 e. The number of carbonyl (C=O) groups is 5. The summed E-state index contributed by atoms with van der Waals surface area (Å²) in [5.74, 6) is -1.05. The van der Waals surface area contributed by atoms with Gasteiger partial charge >= 0.3 is 6.09 Å². The summed E-state index contributed by atoms with van der Waals surface area (Å²) in [6.07, 6.45) is 10.8. The number of rotatable bonds is 11. The Hall–Kier alpha value is -4.41. The van der Waals surface area contributed by atoms with Crippen LogP contribution < -0.4 is 21.5 Å². The lowest BCUT2D eigenvalue weighted by Crippen LogP contribution is -2.53. The Kier molecular flexibility index (Phi) is 14.0. The zero-order chi connectivity index (χ0) is 35.2. The minimum absolute atomic E-state index is 0.0586. The molecule has 4 amide bonds. The van der Waals surface area contributed by atoms with E-state index < -0.39 is 35.6 Å². The van der Waals surface area contributed by atoms with E-state index in [0.29, 0.717) is 30.6 Å². The normalized spacial score (nSPS) is 18.1. The van der Waals surface area contributed by atoms with Crippen LogP contribution in [0.25, 0.3) is 0 Å². The van der Waals surface area contributed by atoms with Crippen molar-refractivity contribution in [1.82, 2.24) is 21.0 Å². The zero-order valence-corrected chi connectivity index (χ0v) is 29.2. The van der Waals surface area contributed by atoms with E-state index in [-0.39, 0.29) is 30.6 Å². The Morgan fingerprint density at radius 1 is 0.816 bits per heavy atom. The molecule has 49 heavy (non-hydrogen) atoms. The van der Waals surface area contributed by atoms with Gasteiger partial charge in [0.2, 0.25) is 11.8 Å². The monoisotopic (exact) mass is 675 g/mol. The van der Waals surface area contributed by atoms with Crippen LogP contribution in [0.5, 0.6) is 0 Å². The quantitative estimate of drug-likeness (QED) is 0.177. The van der Waals surface area contributed by atoms with E-state index in [1.165, 1.54) is 37.0 Å². The molecule has 2 atom stereocenters. The number of alkyl carbamates (subject to hydrolysis) is 1. The summed E-state index contributed by atoms with van der Waals surface area (Å²) < 4.78 is 5.34. The molecule has 1 aliphatic carbocycles. The first-order valence-corrected chi connectivity index (χ1v) is 17.8. The second-order valence-electron chi connectivity index (χ2n) is 14.2. The number of nitrogens with one attached hydrogen (secondary N) is 4. The summed E-state index contributed by atoms with van der Waals surface area (Å²) >= 11 is 0. The molecule has 0 radical (unpaired) electrons. The van der Waals surface area contributed by atoms with Crippen LogP contribution in [0.2, 0.25) is 0 Å². The van der Waals surface area contributed by atoms with E-state index in [4.69, 9.17) is 4.74 Å². The van der Waals surface area contributed by atoms with Gasteiger partial charge in [-0.25, -0.2) is 4.79 Å². The van der Waals surface area contributed by atoms with Crippen LogP contribution in [0.1, 0.15) is 107 Å². The third-order valence-electron chi connectivity index (χ3n) is 9.06. The Morgan fingerprint density at radius 2 is 1.45 bits per heavy atom. The number of ether oxygens (including phenoxy) is 1. The molecule has 0 spiro atoms. The Labute approximate surface area is 290 Å². The molecule has 0 aromatic heterocycles. The van der Waals surface area contributed by atoms with Gasteiger partial charge in [-0.1, -0.05) is 75.3 Å². The number of nitrogens with zero attached hydrogens (tertiary/aromatic N) is 1. The largest absolute Gasteiger partial charge is 0.444 e. The number of Topliss-reactive ketones (excluding diaryl/α,β-unsaturated/α-hetero) is 1. The summed E-state index contributed by atoms with van der Waals surface area (Å²) in [5, 5.41) is 5.26. The zero-order valence-electron chi connectivity index (χ0n) is 29.2. The number of benzene rings is 2. The first kappa shape index (κ1) is 37.4. The molecule has 1 saturated carbocycles. The molecule has 2 aromatic carbocycles. The van der Waals surface area contributed by atoms with Crippen LogP contribution in [-0.4, -0.2) is 65.3 Å². The molecule has 4 rings (SSSR count). The van der Waals surface area contributed by atoms with Crippen molar-refractivity contribution in [2.75, 3.05) is 18.5 Å². The fourth-order valence-corrected chi connectivity index (χ4v) is 6.48. The van der Waals surface area contributed by atoms with Gasteiger partial charge in [0, 0.05) is 24.4 Å². The fraction of sp³-hybridized carbons (Fsp3) is 0.553. The number of ketones is 1. The van der Waals surface area contributed by atoms with Crippen molar-refractivity contribution in [2.45, 2.75) is 116 Å². The van der Waals surface area contributed by atoms with Gasteiger partial charge in [0.15, 0.2) is 5.78 Å². The third kappa shape index (κ3) is 12.2. The van der Waals surface area contributed by atoms with Crippen LogP contribution in [0, 0.1) is 5.92 Å². The first-order valence-electron chi connectivity index (χ1n) is 17.8. The van der Waals surface area contributed by atoms with Crippen LogP contribution in [0.15, 0.2) is 54.6 Å². The molecule has 11 heteroatoms. The van der Waals surface area contributed by atoms with Crippen LogP contribution in [0.4, 0.5) is 10.5 Å².